The minimum Gasteiger partial charge on any atom is -0.435 e. The van der Waals surface area contributed by atoms with Gasteiger partial charge in [0.15, 0.2) is 5.58 Å². The summed E-state index contributed by atoms with van der Waals surface area (Å²) in [5, 5.41) is 2.18. The number of fused-ring (bicyclic) bond motifs is 2. The van der Waals surface area contributed by atoms with Crippen LogP contribution in [-0.2, 0) is 18.8 Å². The van der Waals surface area contributed by atoms with Gasteiger partial charge in [-0.2, -0.15) is 0 Å². The summed E-state index contributed by atoms with van der Waals surface area (Å²) in [6.07, 6.45) is 1.72. The number of nitrogens with zero attached hydrogens (tertiary/aromatic N) is 3. The fourth-order valence-electron chi connectivity index (χ4n) is 2.84. The largest absolute Gasteiger partial charge is 0.435 e. The van der Waals surface area contributed by atoms with Crippen molar-refractivity contribution in [2.24, 2.45) is 0 Å². The zero-order chi connectivity index (χ0) is 18.6. The van der Waals surface area contributed by atoms with Gasteiger partial charge >= 0.3 is 28.2 Å². The summed E-state index contributed by atoms with van der Waals surface area (Å²) in [7, 11) is 4.61. The van der Waals surface area contributed by atoms with Gasteiger partial charge in [-0.25, -0.2) is 4.98 Å². The monoisotopic (exact) mass is 552 g/mol. The van der Waals surface area contributed by atoms with Gasteiger partial charge in [0.2, 0.25) is 5.89 Å². The van der Waals surface area contributed by atoms with Gasteiger partial charge in [-0.15, -0.1) is 29.7 Å². The van der Waals surface area contributed by atoms with E-state index in [2.05, 4.69) is 42.6 Å². The summed E-state index contributed by atoms with van der Waals surface area (Å²) in [5.41, 5.74) is 3.06. The van der Waals surface area contributed by atoms with Gasteiger partial charge in [0.05, 0.1) is 5.82 Å². The second-order valence-electron chi connectivity index (χ2n) is 5.71. The van der Waals surface area contributed by atoms with E-state index in [-0.39, 0.29) is 0 Å². The molecule has 0 N–H and O–H groups in total. The molecule has 0 spiro atoms. The van der Waals surface area contributed by atoms with E-state index in [4.69, 9.17) is 4.42 Å². The molecule has 4 nitrogen and oxygen atoms in total. The Bertz CT molecular complexity index is 1190. The topological polar surface area (TPSA) is 51.8 Å². The van der Waals surface area contributed by atoms with Crippen molar-refractivity contribution in [2.45, 2.75) is 0 Å². The number of para-hydroxylation sites is 2. The van der Waals surface area contributed by atoms with Crippen LogP contribution < -0.4 is 0 Å². The molecule has 0 aliphatic rings. The fourth-order valence-corrected chi connectivity index (χ4v) is 2.84. The smallest absolute Gasteiger partial charge is 0.245 e. The third-order valence-electron chi connectivity index (χ3n) is 4.07. The third-order valence-corrected chi connectivity index (χ3v) is 4.07. The van der Waals surface area contributed by atoms with Crippen LogP contribution in [0.25, 0.3) is 44.8 Å². The molecule has 0 aliphatic carbocycles. The molecule has 2 aromatic heterocycles. The number of halogens is 1. The van der Waals surface area contributed by atoms with E-state index in [1.807, 2.05) is 48.5 Å². The first-order chi connectivity index (χ1) is 13.4. The summed E-state index contributed by atoms with van der Waals surface area (Å²) in [6, 6.07) is 25.0. The van der Waals surface area contributed by atoms with Crippen molar-refractivity contribution in [3.8, 4) is 23.0 Å². The van der Waals surface area contributed by atoms with Crippen molar-refractivity contribution >= 4 is 31.3 Å². The maximum absolute atomic E-state index is 5.80. The molecule has 5 rings (SSSR count). The number of aromatic nitrogens is 3. The Hall–Kier alpha value is -2.55. The first-order valence-electron chi connectivity index (χ1n) is 8.09. The molecule has 0 unspecified atom stereocenters. The fraction of sp³-hybridized carbons (Fsp3) is 0. The van der Waals surface area contributed by atoms with Crippen molar-refractivity contribution < 1.29 is 23.2 Å². The zero-order valence-electron chi connectivity index (χ0n) is 13.9. The molecule has 0 bridgehead atoms. The van der Waals surface area contributed by atoms with E-state index in [0.717, 1.165) is 27.4 Å². The quantitative estimate of drug-likeness (QED) is 0.268. The van der Waals surface area contributed by atoms with E-state index in [9.17, 15) is 0 Å². The maximum Gasteiger partial charge on any atom is 0.245 e. The van der Waals surface area contributed by atoms with Gasteiger partial charge in [-0.3, -0.25) is 9.97 Å². The number of oxazole rings is 1. The van der Waals surface area contributed by atoms with Crippen LogP contribution >= 0.6 is 9.42 Å². The first kappa shape index (κ1) is 17.8. The number of benzene rings is 3. The Kier molecular flexibility index (Phi) is 5.28. The molecule has 0 amide bonds. The zero-order valence-corrected chi connectivity index (χ0v) is 16.9. The van der Waals surface area contributed by atoms with Crippen LogP contribution in [0.4, 0.5) is 0 Å². The van der Waals surface area contributed by atoms with Crippen LogP contribution in [0.5, 0.6) is 0 Å². The molecular formula is C21H12ClN3OPt. The number of rotatable bonds is 2. The van der Waals surface area contributed by atoms with Crippen LogP contribution in [0, 0.1) is 6.07 Å². The molecule has 6 heteroatoms. The molecule has 134 valence electrons. The summed E-state index contributed by atoms with van der Waals surface area (Å²) >= 11 is 1.61. The van der Waals surface area contributed by atoms with Crippen LogP contribution in [0.3, 0.4) is 0 Å². The summed E-state index contributed by atoms with van der Waals surface area (Å²) in [6.45, 7) is 0. The molecule has 27 heavy (non-hydrogen) atoms. The molecular weight excluding hydrogens is 541 g/mol. The molecule has 0 aliphatic heterocycles. The van der Waals surface area contributed by atoms with Crippen molar-refractivity contribution in [1.29, 1.82) is 0 Å². The molecule has 3 aromatic carbocycles. The van der Waals surface area contributed by atoms with Gasteiger partial charge in [-0.1, -0.05) is 41.3 Å². The second-order valence-corrected chi connectivity index (χ2v) is 5.71. The van der Waals surface area contributed by atoms with Crippen molar-refractivity contribution in [1.82, 2.24) is 15.0 Å². The molecule has 5 aromatic rings. The molecule has 0 saturated carbocycles. The minimum atomic E-state index is 0.491. The van der Waals surface area contributed by atoms with Crippen molar-refractivity contribution in [3.05, 3.63) is 79.0 Å². The van der Waals surface area contributed by atoms with Gasteiger partial charge < -0.3 is 4.42 Å². The Balaban J connectivity index is 0.000000872. The summed E-state index contributed by atoms with van der Waals surface area (Å²) in [5.74, 6) is 1.09. The Morgan fingerprint density at radius 1 is 0.852 bits per heavy atom. The van der Waals surface area contributed by atoms with E-state index in [1.165, 1.54) is 0 Å². The van der Waals surface area contributed by atoms with Gasteiger partial charge in [0.1, 0.15) is 11.2 Å². The van der Waals surface area contributed by atoms with Crippen molar-refractivity contribution in [2.75, 3.05) is 0 Å². The van der Waals surface area contributed by atoms with Crippen LogP contribution in [-0.4, -0.2) is 15.0 Å². The number of hydrogen-bond acceptors (Lipinski definition) is 4. The Morgan fingerprint density at radius 3 is 2.56 bits per heavy atom. The molecule has 0 fully saturated rings. The molecule has 0 radical (unpaired) electrons. The molecule has 0 saturated heterocycles. The third kappa shape index (κ3) is 3.64. The molecule has 0 atom stereocenters. The maximum atomic E-state index is 5.80. The summed E-state index contributed by atoms with van der Waals surface area (Å²) < 4.78 is 5.80. The van der Waals surface area contributed by atoms with Crippen LogP contribution in [0.1, 0.15) is 0 Å². The molecule has 2 heterocycles. The van der Waals surface area contributed by atoms with E-state index in [1.54, 1.807) is 31.0 Å². The van der Waals surface area contributed by atoms with Crippen molar-refractivity contribution in [3.63, 3.8) is 0 Å². The van der Waals surface area contributed by atoms with E-state index in [0.29, 0.717) is 17.4 Å². The average Bonchev–Trinajstić information content (AvgIpc) is 3.19. The van der Waals surface area contributed by atoms with Gasteiger partial charge in [0, 0.05) is 6.20 Å². The van der Waals surface area contributed by atoms with Crippen LogP contribution in [0.2, 0.25) is 0 Å². The van der Waals surface area contributed by atoms with Gasteiger partial charge in [-0.05, 0) is 18.2 Å². The predicted molar refractivity (Wildman–Crippen MR) is 103 cm³/mol. The predicted octanol–water partition coefficient (Wildman–Crippen LogP) is 5.59. The Morgan fingerprint density at radius 2 is 1.67 bits per heavy atom. The average molecular weight is 553 g/mol. The van der Waals surface area contributed by atoms with E-state index < -0.39 is 0 Å². The Labute approximate surface area is 171 Å². The SMILES string of the molecule is [Cl][Pt+].[c-]1c(-c2nccc(-c3nc4ccccc4o3)n2)ccc2ccccc12. The summed E-state index contributed by atoms with van der Waals surface area (Å²) in [4.78, 5) is 13.5. The normalized spacial score (nSPS) is 10.6. The van der Waals surface area contributed by atoms with Crippen LogP contribution in [0.15, 0.2) is 77.3 Å². The first-order valence-corrected chi connectivity index (χ1v) is 10.9. The van der Waals surface area contributed by atoms with E-state index >= 15 is 0 Å². The number of hydrogen-bond donors (Lipinski definition) is 0. The minimum absolute atomic E-state index is 0.491. The van der Waals surface area contributed by atoms with Gasteiger partial charge in [0.25, 0.3) is 0 Å². The second kappa shape index (κ2) is 7.99. The standard InChI is InChI=1S/C21H12N3O.ClH.Pt/c1-2-6-15-13-16(10-9-14(15)5-1)20-22-12-11-18(23-20)21-24-17-7-3-4-8-19(17)25-21;;/h1-12H;1H;/q-1;;+2/p-1.